The molecule has 17 heavy (non-hydrogen) atoms. The minimum atomic E-state index is -0.144. The summed E-state index contributed by atoms with van der Waals surface area (Å²) in [7, 11) is 0. The van der Waals surface area contributed by atoms with Crippen LogP contribution in [0.15, 0.2) is 54.6 Å². The Kier molecular flexibility index (Phi) is 3.60. The monoisotopic (exact) mass is 244 g/mol. The number of rotatable bonds is 3. The fourth-order valence-corrected chi connectivity index (χ4v) is 1.88. The lowest BCUT2D eigenvalue weighted by Gasteiger charge is -2.10. The molecule has 0 amide bonds. The zero-order chi connectivity index (χ0) is 12.3. The van der Waals surface area contributed by atoms with Crippen LogP contribution in [0.3, 0.4) is 0 Å². The van der Waals surface area contributed by atoms with E-state index in [1.54, 1.807) is 0 Å². The van der Waals surface area contributed by atoms with E-state index in [1.165, 1.54) is 0 Å². The number of hydrogen-bond donors (Lipinski definition) is 0. The highest BCUT2D eigenvalue weighted by Crippen LogP contribution is 2.22. The Morgan fingerprint density at radius 2 is 1.59 bits per heavy atom. The van der Waals surface area contributed by atoms with E-state index in [9.17, 15) is 4.79 Å². The van der Waals surface area contributed by atoms with Crippen LogP contribution >= 0.6 is 11.6 Å². The van der Waals surface area contributed by atoms with E-state index in [0.29, 0.717) is 5.02 Å². The summed E-state index contributed by atoms with van der Waals surface area (Å²) < 4.78 is 0. The van der Waals surface area contributed by atoms with Crippen LogP contribution < -0.4 is 0 Å². The fourth-order valence-electron chi connectivity index (χ4n) is 1.76. The number of benzene rings is 2. The third kappa shape index (κ3) is 2.75. The van der Waals surface area contributed by atoms with Gasteiger partial charge in [0.1, 0.15) is 0 Å². The van der Waals surface area contributed by atoms with E-state index >= 15 is 0 Å². The second kappa shape index (κ2) is 5.15. The van der Waals surface area contributed by atoms with Crippen molar-refractivity contribution in [3.8, 4) is 0 Å². The molecule has 0 aliphatic rings. The minimum absolute atomic E-state index is 0.132. The van der Waals surface area contributed by atoms with Gasteiger partial charge in [-0.3, -0.25) is 4.79 Å². The first-order valence-electron chi connectivity index (χ1n) is 5.53. The average Bonchev–Trinajstić information content (AvgIpc) is 2.39. The highest BCUT2D eigenvalue weighted by molar-refractivity contribution is 6.30. The van der Waals surface area contributed by atoms with Crippen LogP contribution in [0, 0.1) is 0 Å². The zero-order valence-electron chi connectivity index (χ0n) is 9.56. The first kappa shape index (κ1) is 11.9. The number of carbonyl (C=O) groups is 1. The van der Waals surface area contributed by atoms with Gasteiger partial charge in [0.05, 0.1) is 0 Å². The molecule has 2 heteroatoms. The molecule has 0 fully saturated rings. The van der Waals surface area contributed by atoms with Gasteiger partial charge in [-0.1, -0.05) is 61.0 Å². The Morgan fingerprint density at radius 3 is 2.18 bits per heavy atom. The van der Waals surface area contributed by atoms with Crippen LogP contribution in [0.2, 0.25) is 5.02 Å². The summed E-state index contributed by atoms with van der Waals surface area (Å²) in [4.78, 5) is 12.2. The molecule has 1 nitrogen and oxygen atoms in total. The van der Waals surface area contributed by atoms with Crippen molar-refractivity contribution in [3.05, 3.63) is 70.7 Å². The van der Waals surface area contributed by atoms with Crippen LogP contribution in [-0.2, 0) is 0 Å². The molecule has 0 saturated heterocycles. The molecule has 0 aromatic heterocycles. The lowest BCUT2D eigenvalue weighted by atomic mass is 9.92. The van der Waals surface area contributed by atoms with E-state index in [4.69, 9.17) is 11.6 Å². The molecule has 0 radical (unpaired) electrons. The first-order valence-corrected chi connectivity index (χ1v) is 5.91. The summed E-state index contributed by atoms with van der Waals surface area (Å²) in [5.74, 6) is -0.0115. The molecule has 0 N–H and O–H groups in total. The van der Waals surface area contributed by atoms with E-state index in [0.717, 1.165) is 11.1 Å². The van der Waals surface area contributed by atoms with Crippen LogP contribution in [0.1, 0.15) is 28.8 Å². The topological polar surface area (TPSA) is 17.1 Å². The molecule has 0 spiro atoms. The fraction of sp³-hybridized carbons (Fsp3) is 0.133. The maximum Gasteiger partial charge on any atom is 0.170 e. The Hall–Kier alpha value is -1.60. The Balaban J connectivity index is 2.23. The van der Waals surface area contributed by atoms with Gasteiger partial charge in [-0.25, -0.2) is 0 Å². The van der Waals surface area contributed by atoms with Gasteiger partial charge in [-0.2, -0.15) is 0 Å². The molecule has 2 aromatic carbocycles. The predicted molar refractivity (Wildman–Crippen MR) is 70.6 cm³/mol. The number of carbonyl (C=O) groups excluding carboxylic acids is 1. The molecule has 2 rings (SSSR count). The van der Waals surface area contributed by atoms with Crippen LogP contribution in [0.4, 0.5) is 0 Å². The number of halogens is 1. The van der Waals surface area contributed by atoms with Gasteiger partial charge in [0, 0.05) is 16.5 Å². The molecule has 1 atom stereocenters. The summed E-state index contributed by atoms with van der Waals surface area (Å²) in [6.07, 6.45) is 0. The number of ketones is 1. The van der Waals surface area contributed by atoms with Crippen molar-refractivity contribution in [2.24, 2.45) is 0 Å². The van der Waals surface area contributed by atoms with E-state index in [-0.39, 0.29) is 11.7 Å². The average molecular weight is 245 g/mol. The summed E-state index contributed by atoms with van der Waals surface area (Å²) in [5, 5.41) is 0.688. The molecule has 0 unspecified atom stereocenters. The molecule has 0 aliphatic heterocycles. The molecule has 86 valence electrons. The van der Waals surface area contributed by atoms with Crippen LogP contribution in [-0.4, -0.2) is 5.78 Å². The van der Waals surface area contributed by atoms with Crippen molar-refractivity contribution in [1.29, 1.82) is 0 Å². The minimum Gasteiger partial charge on any atom is -0.294 e. The maximum atomic E-state index is 12.2. The van der Waals surface area contributed by atoms with E-state index in [2.05, 4.69) is 0 Å². The molecular formula is C15H13ClO. The first-order chi connectivity index (χ1) is 8.18. The Labute approximate surface area is 106 Å². The van der Waals surface area contributed by atoms with Crippen LogP contribution in [0.5, 0.6) is 0 Å². The van der Waals surface area contributed by atoms with Gasteiger partial charge < -0.3 is 0 Å². The van der Waals surface area contributed by atoms with Gasteiger partial charge in [-0.05, 0) is 17.7 Å². The second-order valence-corrected chi connectivity index (χ2v) is 4.44. The van der Waals surface area contributed by atoms with E-state index in [1.807, 2.05) is 61.5 Å². The van der Waals surface area contributed by atoms with Gasteiger partial charge in [0.15, 0.2) is 5.78 Å². The van der Waals surface area contributed by atoms with Crippen molar-refractivity contribution in [1.82, 2.24) is 0 Å². The van der Waals surface area contributed by atoms with Crippen molar-refractivity contribution >= 4 is 17.4 Å². The summed E-state index contributed by atoms with van der Waals surface area (Å²) in [6.45, 7) is 1.92. The molecule has 0 saturated carbocycles. The van der Waals surface area contributed by atoms with Gasteiger partial charge >= 0.3 is 0 Å². The normalized spacial score (nSPS) is 12.1. The summed E-state index contributed by atoms with van der Waals surface area (Å²) >= 11 is 5.83. The van der Waals surface area contributed by atoms with E-state index < -0.39 is 0 Å². The molecule has 0 bridgehead atoms. The quantitative estimate of drug-likeness (QED) is 0.735. The highest BCUT2D eigenvalue weighted by Gasteiger charge is 2.16. The Bertz CT molecular complexity index is 502. The number of hydrogen-bond acceptors (Lipinski definition) is 1. The van der Waals surface area contributed by atoms with Gasteiger partial charge in [-0.15, -0.1) is 0 Å². The summed E-state index contributed by atoms with van der Waals surface area (Å²) in [5.41, 5.74) is 1.73. The van der Waals surface area contributed by atoms with Crippen molar-refractivity contribution in [2.75, 3.05) is 0 Å². The SMILES string of the molecule is C[C@@H](C(=O)c1ccccc1)c1ccc(Cl)cc1. The zero-order valence-corrected chi connectivity index (χ0v) is 10.3. The van der Waals surface area contributed by atoms with Gasteiger partial charge in [0.25, 0.3) is 0 Å². The second-order valence-electron chi connectivity index (χ2n) is 4.00. The van der Waals surface area contributed by atoms with Crippen molar-refractivity contribution in [2.45, 2.75) is 12.8 Å². The lowest BCUT2D eigenvalue weighted by molar-refractivity contribution is 0.0966. The standard InChI is InChI=1S/C15H13ClO/c1-11(12-7-9-14(16)10-8-12)15(17)13-5-3-2-4-6-13/h2-11H,1H3/t11-/m1/s1. The molecule has 2 aromatic rings. The maximum absolute atomic E-state index is 12.2. The van der Waals surface area contributed by atoms with Crippen molar-refractivity contribution in [3.63, 3.8) is 0 Å². The Morgan fingerprint density at radius 1 is 1.00 bits per heavy atom. The molecule has 0 heterocycles. The highest BCUT2D eigenvalue weighted by atomic mass is 35.5. The third-order valence-electron chi connectivity index (χ3n) is 2.82. The smallest absolute Gasteiger partial charge is 0.170 e. The lowest BCUT2D eigenvalue weighted by Crippen LogP contribution is -2.09. The number of Topliss-reactive ketones (excluding diaryl/α,β-unsaturated/α-hetero) is 1. The third-order valence-corrected chi connectivity index (χ3v) is 3.07. The molecular weight excluding hydrogens is 232 g/mol. The van der Waals surface area contributed by atoms with Crippen molar-refractivity contribution < 1.29 is 4.79 Å². The van der Waals surface area contributed by atoms with Crippen LogP contribution in [0.25, 0.3) is 0 Å². The van der Waals surface area contributed by atoms with Gasteiger partial charge in [0.2, 0.25) is 0 Å². The molecule has 0 aliphatic carbocycles. The largest absolute Gasteiger partial charge is 0.294 e. The predicted octanol–water partition coefficient (Wildman–Crippen LogP) is 4.33. The summed E-state index contributed by atoms with van der Waals surface area (Å²) in [6, 6.07) is 16.8.